The molecule has 0 spiro atoms. The molecule has 0 radical (unpaired) electrons. The van der Waals surface area contributed by atoms with Crippen molar-refractivity contribution in [2.45, 2.75) is 6.92 Å². The lowest BCUT2D eigenvalue weighted by molar-refractivity contribution is 0.736. The Labute approximate surface area is 127 Å². The van der Waals surface area contributed by atoms with Crippen LogP contribution in [0.3, 0.4) is 0 Å². The van der Waals surface area contributed by atoms with Crippen LogP contribution in [0, 0.1) is 6.92 Å². The Balaban J connectivity index is 1.89. The summed E-state index contributed by atoms with van der Waals surface area (Å²) >= 11 is 0. The summed E-state index contributed by atoms with van der Waals surface area (Å²) < 4.78 is 1.78. The molecule has 0 aliphatic rings. The molecule has 5 nitrogen and oxygen atoms in total. The van der Waals surface area contributed by atoms with Gasteiger partial charge in [-0.2, -0.15) is 0 Å². The Morgan fingerprint density at radius 3 is 2.82 bits per heavy atom. The van der Waals surface area contributed by atoms with E-state index in [0.717, 1.165) is 33.5 Å². The van der Waals surface area contributed by atoms with E-state index in [1.54, 1.807) is 11.0 Å². The Morgan fingerprint density at radius 2 is 1.95 bits per heavy atom. The summed E-state index contributed by atoms with van der Waals surface area (Å²) in [7, 11) is 1.90. The van der Waals surface area contributed by atoms with E-state index in [1.807, 2.05) is 19.2 Å². The third-order valence-corrected chi connectivity index (χ3v) is 3.83. The van der Waals surface area contributed by atoms with Gasteiger partial charge in [-0.3, -0.25) is 0 Å². The van der Waals surface area contributed by atoms with Gasteiger partial charge in [0.1, 0.15) is 5.52 Å². The number of benzene rings is 2. The molecule has 22 heavy (non-hydrogen) atoms. The maximum absolute atomic E-state index is 4.50. The molecule has 0 fully saturated rings. The normalized spacial score (nSPS) is 11.2. The zero-order valence-electron chi connectivity index (χ0n) is 12.4. The summed E-state index contributed by atoms with van der Waals surface area (Å²) in [5.74, 6) is 0. The Bertz CT molecular complexity index is 964. The van der Waals surface area contributed by atoms with Crippen LogP contribution in [0.1, 0.15) is 5.56 Å². The smallest absolute Gasteiger partial charge is 0.113 e. The first-order valence-electron chi connectivity index (χ1n) is 7.12. The number of aromatic nitrogens is 5. The lowest BCUT2D eigenvalue weighted by atomic mass is 10.0. The minimum absolute atomic E-state index is 0.892. The number of nitrogens with one attached hydrogen (secondary N) is 1. The van der Waals surface area contributed by atoms with Crippen LogP contribution in [0.5, 0.6) is 0 Å². The number of hydrogen-bond donors (Lipinski definition) is 1. The molecule has 1 N–H and O–H groups in total. The lowest BCUT2D eigenvalue weighted by Gasteiger charge is -2.05. The summed E-state index contributed by atoms with van der Waals surface area (Å²) in [5.41, 5.74) is 7.26. The van der Waals surface area contributed by atoms with Crippen LogP contribution in [0.2, 0.25) is 0 Å². The van der Waals surface area contributed by atoms with Gasteiger partial charge < -0.3 is 4.98 Å². The minimum atomic E-state index is 0.892. The number of hydrogen-bond acceptors (Lipinski definition) is 3. The second-order valence-electron chi connectivity index (χ2n) is 5.41. The number of aromatic amines is 1. The van der Waals surface area contributed by atoms with E-state index >= 15 is 0 Å². The van der Waals surface area contributed by atoms with Gasteiger partial charge in [0.2, 0.25) is 0 Å². The molecule has 0 amide bonds. The van der Waals surface area contributed by atoms with Crippen molar-refractivity contribution < 1.29 is 0 Å². The summed E-state index contributed by atoms with van der Waals surface area (Å²) in [6.45, 7) is 2.09. The minimum Gasteiger partial charge on any atom is -0.344 e. The van der Waals surface area contributed by atoms with Crippen molar-refractivity contribution in [3.63, 3.8) is 0 Å². The number of fused-ring (bicyclic) bond motifs is 1. The van der Waals surface area contributed by atoms with Crippen LogP contribution in [0.25, 0.3) is 33.5 Å². The van der Waals surface area contributed by atoms with Crippen molar-refractivity contribution in [1.29, 1.82) is 0 Å². The van der Waals surface area contributed by atoms with Gasteiger partial charge in [-0.05, 0) is 25.1 Å². The molecule has 0 aliphatic carbocycles. The average Bonchev–Trinajstić information content (AvgIpc) is 3.14. The fraction of sp³-hybridized carbons (Fsp3) is 0.118. The van der Waals surface area contributed by atoms with E-state index in [4.69, 9.17) is 0 Å². The summed E-state index contributed by atoms with van der Waals surface area (Å²) in [6, 6.07) is 14.5. The molecule has 2 heterocycles. The second-order valence-corrected chi connectivity index (χ2v) is 5.41. The first-order valence-corrected chi connectivity index (χ1v) is 7.12. The highest BCUT2D eigenvalue weighted by Crippen LogP contribution is 2.30. The van der Waals surface area contributed by atoms with Gasteiger partial charge in [-0.15, -0.1) is 5.10 Å². The number of nitrogens with zero attached hydrogens (tertiary/aromatic N) is 4. The van der Waals surface area contributed by atoms with Crippen molar-refractivity contribution in [3.05, 3.63) is 54.4 Å². The topological polar surface area (TPSA) is 59.4 Å². The van der Waals surface area contributed by atoms with Crippen LogP contribution < -0.4 is 0 Å². The summed E-state index contributed by atoms with van der Waals surface area (Å²) in [6.07, 6.45) is 1.73. The van der Waals surface area contributed by atoms with Crippen molar-refractivity contribution in [2.24, 2.45) is 7.05 Å². The van der Waals surface area contributed by atoms with E-state index in [9.17, 15) is 0 Å². The molecule has 5 heteroatoms. The molecule has 0 aliphatic heterocycles. The second kappa shape index (κ2) is 4.80. The van der Waals surface area contributed by atoms with Gasteiger partial charge in [0, 0.05) is 18.2 Å². The predicted molar refractivity (Wildman–Crippen MR) is 86.3 cm³/mol. The fourth-order valence-corrected chi connectivity index (χ4v) is 2.71. The van der Waals surface area contributed by atoms with Gasteiger partial charge in [0.25, 0.3) is 0 Å². The van der Waals surface area contributed by atoms with Crippen molar-refractivity contribution >= 4 is 11.0 Å². The van der Waals surface area contributed by atoms with Crippen molar-refractivity contribution in [2.75, 3.05) is 0 Å². The van der Waals surface area contributed by atoms with Gasteiger partial charge in [-0.25, -0.2) is 9.67 Å². The van der Waals surface area contributed by atoms with Crippen LogP contribution in [-0.2, 0) is 7.05 Å². The van der Waals surface area contributed by atoms with Crippen LogP contribution in [-0.4, -0.2) is 25.0 Å². The van der Waals surface area contributed by atoms with E-state index in [2.05, 4.69) is 57.5 Å². The molecule has 0 atom stereocenters. The van der Waals surface area contributed by atoms with Gasteiger partial charge in [0.15, 0.2) is 0 Å². The Kier molecular flexibility index (Phi) is 2.79. The predicted octanol–water partition coefficient (Wildman–Crippen LogP) is 3.33. The lowest BCUT2D eigenvalue weighted by Crippen LogP contribution is -1.90. The number of aryl methyl sites for hydroxylation is 2. The maximum atomic E-state index is 4.50. The SMILES string of the molecule is Cc1cccc(-c2nc[nH]c2-c2ccc3nnn(C)c3c2)c1. The zero-order chi connectivity index (χ0) is 15.1. The van der Waals surface area contributed by atoms with Crippen molar-refractivity contribution in [3.8, 4) is 22.5 Å². The average molecular weight is 289 g/mol. The Morgan fingerprint density at radius 1 is 1.05 bits per heavy atom. The van der Waals surface area contributed by atoms with Crippen LogP contribution in [0.15, 0.2) is 48.8 Å². The Hall–Kier alpha value is -2.95. The highest BCUT2D eigenvalue weighted by Gasteiger charge is 2.12. The maximum Gasteiger partial charge on any atom is 0.113 e. The van der Waals surface area contributed by atoms with E-state index in [-0.39, 0.29) is 0 Å². The monoisotopic (exact) mass is 289 g/mol. The third-order valence-electron chi connectivity index (χ3n) is 3.83. The molecule has 2 aromatic carbocycles. The number of rotatable bonds is 2. The molecule has 0 saturated carbocycles. The van der Waals surface area contributed by atoms with E-state index in [1.165, 1.54) is 5.56 Å². The van der Waals surface area contributed by atoms with Gasteiger partial charge in [0.05, 0.1) is 23.2 Å². The largest absolute Gasteiger partial charge is 0.344 e. The quantitative estimate of drug-likeness (QED) is 0.615. The first kappa shape index (κ1) is 12.8. The van der Waals surface area contributed by atoms with Crippen LogP contribution >= 0.6 is 0 Å². The molecule has 0 bridgehead atoms. The molecule has 0 unspecified atom stereocenters. The van der Waals surface area contributed by atoms with Gasteiger partial charge in [-0.1, -0.05) is 35.0 Å². The summed E-state index contributed by atoms with van der Waals surface area (Å²) in [4.78, 5) is 7.76. The zero-order valence-corrected chi connectivity index (χ0v) is 12.4. The highest BCUT2D eigenvalue weighted by atomic mass is 15.4. The molecule has 4 rings (SSSR count). The number of H-pyrrole nitrogens is 1. The molecule has 108 valence electrons. The fourth-order valence-electron chi connectivity index (χ4n) is 2.71. The van der Waals surface area contributed by atoms with E-state index in [0.29, 0.717) is 0 Å². The molecule has 2 aromatic heterocycles. The summed E-state index contributed by atoms with van der Waals surface area (Å²) in [5, 5.41) is 8.17. The highest BCUT2D eigenvalue weighted by molar-refractivity contribution is 5.85. The molecular formula is C17H15N5. The van der Waals surface area contributed by atoms with E-state index < -0.39 is 0 Å². The molecular weight excluding hydrogens is 274 g/mol. The third kappa shape index (κ3) is 1.98. The van der Waals surface area contributed by atoms with Crippen molar-refractivity contribution in [1.82, 2.24) is 25.0 Å². The first-order chi connectivity index (χ1) is 10.7. The standard InChI is InChI=1S/C17H15N5/c1-11-4-3-5-12(8-11)16-17(19-10-18-16)13-6-7-14-15(9-13)22(2)21-20-14/h3-10H,1-2H3,(H,18,19). The van der Waals surface area contributed by atoms with Crippen LogP contribution in [0.4, 0.5) is 0 Å². The molecule has 4 aromatic rings. The van der Waals surface area contributed by atoms with Gasteiger partial charge >= 0.3 is 0 Å². The number of imidazole rings is 1. The molecule has 0 saturated heterocycles.